The highest BCUT2D eigenvalue weighted by Crippen LogP contribution is 2.27. The summed E-state index contributed by atoms with van der Waals surface area (Å²) in [5, 5.41) is 0. The molecule has 3 fully saturated rings. The van der Waals surface area contributed by atoms with Crippen molar-refractivity contribution in [1.29, 1.82) is 0 Å². The molecule has 2 heteroatoms. The summed E-state index contributed by atoms with van der Waals surface area (Å²) in [5.74, 6) is 0. The third-order valence-electron chi connectivity index (χ3n) is 5.29. The van der Waals surface area contributed by atoms with Gasteiger partial charge in [0.05, 0.1) is 7.05 Å². The Hall–Kier alpha value is -0.860. The van der Waals surface area contributed by atoms with Crippen LogP contribution in [-0.4, -0.2) is 55.3 Å². The third-order valence-corrected chi connectivity index (χ3v) is 5.29. The van der Waals surface area contributed by atoms with E-state index in [1.54, 1.807) is 0 Å². The van der Waals surface area contributed by atoms with Gasteiger partial charge < -0.3 is 8.97 Å². The third kappa shape index (κ3) is 2.19. The van der Waals surface area contributed by atoms with Gasteiger partial charge in [0.15, 0.2) is 0 Å². The molecule has 0 N–H and O–H groups in total. The van der Waals surface area contributed by atoms with Crippen molar-refractivity contribution in [3.63, 3.8) is 0 Å². The highest BCUT2D eigenvalue weighted by atomic mass is 15.5. The summed E-state index contributed by atoms with van der Waals surface area (Å²) in [4.78, 5) is 0. The zero-order valence-corrected chi connectivity index (χ0v) is 11.9. The maximum Gasteiger partial charge on any atom is 0.129 e. The molecule has 4 rings (SSSR count). The Bertz CT molecular complexity index is 397. The standard InChI is InChI=1S/C16H26N2/c1-3-15-4-6-16(7-5-15)14-18-11-8-17(2,9-12-18)10-13-18/h4-7H,3,8-14H2,1-2H3/q+2. The van der Waals surface area contributed by atoms with Crippen molar-refractivity contribution >= 4 is 0 Å². The van der Waals surface area contributed by atoms with E-state index in [-0.39, 0.29) is 0 Å². The molecule has 98 valence electrons. The highest BCUT2D eigenvalue weighted by Gasteiger charge is 2.46. The Balaban J connectivity index is 1.72. The number of rotatable bonds is 3. The average Bonchev–Trinajstić information content (AvgIpc) is 2.42. The molecule has 3 saturated heterocycles. The van der Waals surface area contributed by atoms with Crippen LogP contribution in [0.25, 0.3) is 0 Å². The van der Waals surface area contributed by atoms with Gasteiger partial charge in [-0.3, -0.25) is 0 Å². The molecular weight excluding hydrogens is 220 g/mol. The van der Waals surface area contributed by atoms with Crippen LogP contribution in [0.5, 0.6) is 0 Å². The summed E-state index contributed by atoms with van der Waals surface area (Å²) in [6, 6.07) is 9.32. The van der Waals surface area contributed by atoms with Gasteiger partial charge in [-0.2, -0.15) is 0 Å². The van der Waals surface area contributed by atoms with Gasteiger partial charge in [0.2, 0.25) is 0 Å². The number of aryl methyl sites for hydroxylation is 1. The lowest BCUT2D eigenvalue weighted by atomic mass is 10.0. The maximum absolute atomic E-state index is 2.43. The van der Waals surface area contributed by atoms with Gasteiger partial charge in [0.25, 0.3) is 0 Å². The summed E-state index contributed by atoms with van der Waals surface area (Å²) >= 11 is 0. The lowest BCUT2D eigenvalue weighted by Crippen LogP contribution is -2.73. The number of benzene rings is 1. The molecule has 0 atom stereocenters. The molecule has 0 amide bonds. The van der Waals surface area contributed by atoms with Gasteiger partial charge in [-0.15, -0.1) is 0 Å². The summed E-state index contributed by atoms with van der Waals surface area (Å²) in [6.07, 6.45) is 1.15. The lowest BCUT2D eigenvalue weighted by molar-refractivity contribution is -1.08. The van der Waals surface area contributed by atoms with E-state index in [9.17, 15) is 0 Å². The highest BCUT2D eigenvalue weighted by molar-refractivity contribution is 5.21. The number of hydrogen-bond donors (Lipinski definition) is 0. The quantitative estimate of drug-likeness (QED) is 0.716. The monoisotopic (exact) mass is 246 g/mol. The van der Waals surface area contributed by atoms with Gasteiger partial charge in [-0.25, -0.2) is 0 Å². The molecule has 0 saturated carbocycles. The second kappa shape index (κ2) is 4.36. The smallest absolute Gasteiger partial charge is 0.129 e. The predicted molar refractivity (Wildman–Crippen MR) is 75.2 cm³/mol. The molecule has 0 radical (unpaired) electrons. The summed E-state index contributed by atoms with van der Waals surface area (Å²) in [6.45, 7) is 11.8. The minimum absolute atomic E-state index is 1.15. The van der Waals surface area contributed by atoms with E-state index >= 15 is 0 Å². The molecule has 2 bridgehead atoms. The number of nitrogens with zero attached hydrogens (tertiary/aromatic N) is 2. The Morgan fingerprint density at radius 3 is 1.83 bits per heavy atom. The topological polar surface area (TPSA) is 0 Å². The van der Waals surface area contributed by atoms with E-state index < -0.39 is 0 Å². The number of quaternary nitrogens is 2. The van der Waals surface area contributed by atoms with Crippen LogP contribution >= 0.6 is 0 Å². The fourth-order valence-electron chi connectivity index (χ4n) is 3.54. The molecule has 3 aliphatic rings. The van der Waals surface area contributed by atoms with Crippen LogP contribution in [-0.2, 0) is 13.0 Å². The Morgan fingerprint density at radius 2 is 1.33 bits per heavy atom. The second-order valence-corrected chi connectivity index (χ2v) is 6.63. The van der Waals surface area contributed by atoms with Crippen LogP contribution in [0.4, 0.5) is 0 Å². The minimum atomic E-state index is 1.15. The largest absolute Gasteiger partial charge is 0.312 e. The van der Waals surface area contributed by atoms with Crippen LogP contribution in [0.2, 0.25) is 0 Å². The zero-order valence-electron chi connectivity index (χ0n) is 11.9. The Morgan fingerprint density at radius 1 is 0.833 bits per heavy atom. The molecule has 0 spiro atoms. The van der Waals surface area contributed by atoms with Gasteiger partial charge >= 0.3 is 0 Å². The number of likely N-dealkylation sites (N-methyl/N-ethyl adjacent to an activating group) is 1. The van der Waals surface area contributed by atoms with Crippen molar-refractivity contribution < 1.29 is 8.97 Å². The summed E-state index contributed by atoms with van der Waals surface area (Å²) < 4.78 is 2.67. The first kappa shape index (κ1) is 12.2. The summed E-state index contributed by atoms with van der Waals surface area (Å²) in [7, 11) is 2.43. The van der Waals surface area contributed by atoms with Crippen LogP contribution in [0.15, 0.2) is 24.3 Å². The first-order valence-electron chi connectivity index (χ1n) is 7.40. The molecule has 0 aliphatic carbocycles. The average molecular weight is 246 g/mol. The lowest BCUT2D eigenvalue weighted by Gasteiger charge is -2.54. The van der Waals surface area contributed by atoms with E-state index in [1.807, 2.05) is 0 Å². The minimum Gasteiger partial charge on any atom is -0.312 e. The molecule has 3 heterocycles. The van der Waals surface area contributed by atoms with E-state index in [0.717, 1.165) is 6.42 Å². The Labute approximate surface area is 111 Å². The van der Waals surface area contributed by atoms with Gasteiger partial charge in [0, 0.05) is 5.56 Å². The number of hydrogen-bond acceptors (Lipinski definition) is 0. The van der Waals surface area contributed by atoms with Crippen molar-refractivity contribution in [3.05, 3.63) is 35.4 Å². The van der Waals surface area contributed by atoms with Crippen molar-refractivity contribution in [2.24, 2.45) is 0 Å². The molecule has 2 nitrogen and oxygen atoms in total. The summed E-state index contributed by atoms with van der Waals surface area (Å²) in [5.41, 5.74) is 2.99. The van der Waals surface area contributed by atoms with E-state index in [2.05, 4.69) is 38.2 Å². The van der Waals surface area contributed by atoms with Crippen LogP contribution < -0.4 is 0 Å². The molecule has 1 aromatic rings. The Kier molecular flexibility index (Phi) is 2.95. The predicted octanol–water partition coefficient (Wildman–Crippen LogP) is 2.04. The van der Waals surface area contributed by atoms with Crippen LogP contribution in [0.1, 0.15) is 18.1 Å². The van der Waals surface area contributed by atoms with E-state index in [1.165, 1.54) is 65.9 Å². The first-order valence-corrected chi connectivity index (χ1v) is 7.40. The molecule has 1 aromatic carbocycles. The number of fused-ring (bicyclic) bond motifs is 3. The molecule has 0 aromatic heterocycles. The molecule has 18 heavy (non-hydrogen) atoms. The first-order chi connectivity index (χ1) is 8.63. The second-order valence-electron chi connectivity index (χ2n) is 6.63. The molecule has 3 aliphatic heterocycles. The fourth-order valence-corrected chi connectivity index (χ4v) is 3.54. The van der Waals surface area contributed by atoms with Crippen molar-refractivity contribution in [1.82, 2.24) is 0 Å². The molecule has 0 unspecified atom stereocenters. The van der Waals surface area contributed by atoms with Crippen molar-refractivity contribution in [2.75, 3.05) is 46.3 Å². The van der Waals surface area contributed by atoms with Crippen LogP contribution in [0.3, 0.4) is 0 Å². The number of piperazine rings is 3. The van der Waals surface area contributed by atoms with Crippen LogP contribution in [0, 0.1) is 0 Å². The fraction of sp³-hybridized carbons (Fsp3) is 0.625. The van der Waals surface area contributed by atoms with E-state index in [0.29, 0.717) is 0 Å². The van der Waals surface area contributed by atoms with Gasteiger partial charge in [0.1, 0.15) is 45.8 Å². The van der Waals surface area contributed by atoms with E-state index in [4.69, 9.17) is 0 Å². The maximum atomic E-state index is 2.43. The van der Waals surface area contributed by atoms with Gasteiger partial charge in [-0.1, -0.05) is 31.2 Å². The van der Waals surface area contributed by atoms with Crippen molar-refractivity contribution in [3.8, 4) is 0 Å². The normalized spacial score (nSPS) is 34.8. The SMILES string of the molecule is CCc1ccc(C[N+]23CC[N+](C)(CC2)CC3)cc1. The van der Waals surface area contributed by atoms with Gasteiger partial charge in [-0.05, 0) is 12.0 Å². The zero-order chi connectivity index (χ0) is 12.6. The molecular formula is C16H26N2+2. The van der Waals surface area contributed by atoms with Crippen molar-refractivity contribution in [2.45, 2.75) is 19.9 Å².